The second-order valence-corrected chi connectivity index (χ2v) is 12.4. The van der Waals surface area contributed by atoms with Crippen molar-refractivity contribution >= 4 is 57.7 Å². The summed E-state index contributed by atoms with van der Waals surface area (Å²) in [6, 6.07) is 33.7. The number of benzene rings is 4. The first kappa shape index (κ1) is 31.4. The van der Waals surface area contributed by atoms with Gasteiger partial charge in [-0.25, -0.2) is 0 Å². The van der Waals surface area contributed by atoms with Crippen molar-refractivity contribution in [3.05, 3.63) is 131 Å². The van der Waals surface area contributed by atoms with Gasteiger partial charge in [0.25, 0.3) is 11.8 Å². The van der Waals surface area contributed by atoms with Gasteiger partial charge >= 0.3 is 0 Å². The van der Waals surface area contributed by atoms with Crippen molar-refractivity contribution in [3.63, 3.8) is 0 Å². The average Bonchev–Trinajstić information content (AvgIpc) is 3.48. The van der Waals surface area contributed by atoms with Crippen molar-refractivity contribution in [3.8, 4) is 11.1 Å². The van der Waals surface area contributed by atoms with E-state index in [0.29, 0.717) is 22.8 Å². The molecule has 3 amide bonds. The second-order valence-electron chi connectivity index (χ2n) is 9.98. The molecule has 4 aromatic carbocycles. The minimum absolute atomic E-state index is 0.0903. The molecule has 0 aliphatic rings. The maximum Gasteiger partial charge on any atom is 0.272 e. The maximum atomic E-state index is 13.6. The molecule has 1 aromatic heterocycles. The molecule has 0 saturated heterocycles. The molecule has 1 unspecified atom stereocenters. The van der Waals surface area contributed by atoms with Gasteiger partial charge in [-0.3, -0.25) is 19.7 Å². The lowest BCUT2D eigenvalue weighted by Gasteiger charge is -2.15. The number of nitrogens with zero attached hydrogens (tertiary/aromatic N) is 2. The minimum atomic E-state index is -0.481. The molecule has 1 heterocycles. The smallest absolute Gasteiger partial charge is 0.272 e. The SMILES string of the molecule is CCC(Sc1cccc(NC(=O)/C(=C\c2ccc(-c3ccccc3)cc2)NC(=O)c2ccccc2)c1)C(=O)Nc1nnc(C)s1. The predicted octanol–water partition coefficient (Wildman–Crippen LogP) is 7.43. The van der Waals surface area contributed by atoms with Gasteiger partial charge in [-0.2, -0.15) is 0 Å². The summed E-state index contributed by atoms with van der Waals surface area (Å²) >= 11 is 2.71. The van der Waals surface area contributed by atoms with Gasteiger partial charge in [0.1, 0.15) is 10.7 Å². The third-order valence-corrected chi connectivity index (χ3v) is 8.76. The van der Waals surface area contributed by atoms with Crippen LogP contribution in [0.4, 0.5) is 10.8 Å². The Kier molecular flexibility index (Phi) is 10.5. The van der Waals surface area contributed by atoms with E-state index in [1.807, 2.05) is 86.6 Å². The van der Waals surface area contributed by atoms with Crippen molar-refractivity contribution < 1.29 is 14.4 Å². The molecular formula is C35H31N5O3S2. The first-order valence-electron chi connectivity index (χ1n) is 14.3. The zero-order valence-electron chi connectivity index (χ0n) is 24.7. The van der Waals surface area contributed by atoms with Crippen LogP contribution in [0.5, 0.6) is 0 Å². The van der Waals surface area contributed by atoms with Crippen molar-refractivity contribution in [2.45, 2.75) is 30.4 Å². The number of aromatic nitrogens is 2. The molecule has 3 N–H and O–H groups in total. The highest BCUT2D eigenvalue weighted by Crippen LogP contribution is 2.29. The number of carbonyl (C=O) groups excluding carboxylic acids is 3. The molecule has 0 radical (unpaired) electrons. The number of amides is 3. The van der Waals surface area contributed by atoms with Gasteiger partial charge in [0.15, 0.2) is 0 Å². The molecule has 1 atom stereocenters. The third-order valence-electron chi connectivity index (χ3n) is 6.65. The van der Waals surface area contributed by atoms with E-state index in [1.165, 1.54) is 23.1 Å². The number of aryl methyl sites for hydroxylation is 1. The average molecular weight is 634 g/mol. The summed E-state index contributed by atoms with van der Waals surface area (Å²) in [7, 11) is 0. The largest absolute Gasteiger partial charge is 0.321 e. The highest BCUT2D eigenvalue weighted by atomic mass is 32.2. The van der Waals surface area contributed by atoms with E-state index in [0.717, 1.165) is 26.6 Å². The first-order valence-corrected chi connectivity index (χ1v) is 16.0. The normalized spacial score (nSPS) is 11.8. The zero-order valence-corrected chi connectivity index (χ0v) is 26.3. The Morgan fingerprint density at radius 1 is 0.822 bits per heavy atom. The Morgan fingerprint density at radius 2 is 1.51 bits per heavy atom. The van der Waals surface area contributed by atoms with Gasteiger partial charge in [-0.15, -0.1) is 22.0 Å². The van der Waals surface area contributed by atoms with Gasteiger partial charge in [-0.05, 0) is 66.4 Å². The van der Waals surface area contributed by atoms with E-state index in [-0.39, 0.29) is 16.9 Å². The van der Waals surface area contributed by atoms with Crippen LogP contribution in [-0.2, 0) is 9.59 Å². The van der Waals surface area contributed by atoms with Gasteiger partial charge in [0.05, 0.1) is 5.25 Å². The number of carbonyl (C=O) groups is 3. The van der Waals surface area contributed by atoms with Crippen LogP contribution in [0, 0.1) is 6.92 Å². The van der Waals surface area contributed by atoms with Crippen molar-refractivity contribution in [1.29, 1.82) is 0 Å². The van der Waals surface area contributed by atoms with E-state index in [2.05, 4.69) is 26.1 Å². The molecule has 5 aromatic rings. The van der Waals surface area contributed by atoms with Crippen molar-refractivity contribution in [2.75, 3.05) is 10.6 Å². The quantitative estimate of drug-likeness (QED) is 0.103. The molecule has 0 aliphatic carbocycles. The van der Waals surface area contributed by atoms with Crippen molar-refractivity contribution in [1.82, 2.24) is 15.5 Å². The third kappa shape index (κ3) is 8.75. The van der Waals surface area contributed by atoms with Crippen LogP contribution >= 0.6 is 23.1 Å². The Labute approximate surface area is 270 Å². The number of nitrogens with one attached hydrogen (secondary N) is 3. The molecule has 10 heteroatoms. The summed E-state index contributed by atoms with van der Waals surface area (Å²) < 4.78 is 0. The number of hydrogen-bond donors (Lipinski definition) is 3. The fourth-order valence-electron chi connectivity index (χ4n) is 4.38. The zero-order chi connectivity index (χ0) is 31.6. The van der Waals surface area contributed by atoms with E-state index >= 15 is 0 Å². The molecule has 0 aliphatic heterocycles. The Balaban J connectivity index is 1.33. The van der Waals surface area contributed by atoms with Crippen LogP contribution in [0.3, 0.4) is 0 Å². The van der Waals surface area contributed by atoms with Gasteiger partial charge < -0.3 is 10.6 Å². The monoisotopic (exact) mass is 633 g/mol. The van der Waals surface area contributed by atoms with E-state index in [1.54, 1.807) is 42.5 Å². The Bertz CT molecular complexity index is 1810. The van der Waals surface area contributed by atoms with Crippen LogP contribution in [0.25, 0.3) is 17.2 Å². The topological polar surface area (TPSA) is 113 Å². The van der Waals surface area contributed by atoms with Crippen LogP contribution < -0.4 is 16.0 Å². The number of hydrogen-bond acceptors (Lipinski definition) is 7. The molecule has 0 bridgehead atoms. The lowest BCUT2D eigenvalue weighted by atomic mass is 10.0. The van der Waals surface area contributed by atoms with Gasteiger partial charge in [0.2, 0.25) is 11.0 Å². The highest BCUT2D eigenvalue weighted by Gasteiger charge is 2.20. The molecule has 0 saturated carbocycles. The highest BCUT2D eigenvalue weighted by molar-refractivity contribution is 8.00. The minimum Gasteiger partial charge on any atom is -0.321 e. The van der Waals surface area contributed by atoms with Gasteiger partial charge in [0, 0.05) is 16.1 Å². The summed E-state index contributed by atoms with van der Waals surface area (Å²) in [6.45, 7) is 3.77. The molecule has 0 fully saturated rings. The predicted molar refractivity (Wildman–Crippen MR) is 182 cm³/mol. The second kappa shape index (κ2) is 15.1. The number of thioether (sulfide) groups is 1. The molecular weight excluding hydrogens is 603 g/mol. The van der Waals surface area contributed by atoms with E-state index < -0.39 is 11.8 Å². The van der Waals surface area contributed by atoms with Crippen LogP contribution in [-0.4, -0.2) is 33.2 Å². The van der Waals surface area contributed by atoms with Crippen molar-refractivity contribution in [2.24, 2.45) is 0 Å². The maximum absolute atomic E-state index is 13.6. The Hall–Kier alpha value is -5.06. The van der Waals surface area contributed by atoms with Crippen LogP contribution in [0.2, 0.25) is 0 Å². The van der Waals surface area contributed by atoms with Crippen LogP contribution in [0.1, 0.15) is 34.3 Å². The van der Waals surface area contributed by atoms with E-state index in [9.17, 15) is 14.4 Å². The van der Waals surface area contributed by atoms with Gasteiger partial charge in [-0.1, -0.05) is 97.1 Å². The molecule has 226 valence electrons. The van der Waals surface area contributed by atoms with E-state index in [4.69, 9.17) is 0 Å². The molecule has 45 heavy (non-hydrogen) atoms. The summed E-state index contributed by atoms with van der Waals surface area (Å²) in [5.74, 6) is -1.05. The molecule has 5 rings (SSSR count). The summed E-state index contributed by atoms with van der Waals surface area (Å²) in [5.41, 5.74) is 3.92. The molecule has 0 spiro atoms. The number of rotatable bonds is 11. The summed E-state index contributed by atoms with van der Waals surface area (Å²) in [4.78, 5) is 40.4. The summed E-state index contributed by atoms with van der Waals surface area (Å²) in [6.07, 6.45) is 2.24. The summed E-state index contributed by atoms with van der Waals surface area (Å²) in [5, 5.41) is 17.3. The number of anilines is 2. The molecule has 8 nitrogen and oxygen atoms in total. The fraction of sp³-hybridized carbons (Fsp3) is 0.114. The standard InChI is InChI=1S/C35H31N5O3S2/c1-3-31(34(43)38-35-40-39-23(2)44-35)45-29-16-10-15-28(22-29)36-33(42)30(37-32(41)27-13-8-5-9-14-27)21-24-17-19-26(20-18-24)25-11-6-4-7-12-25/h4-22,31H,3H2,1-2H3,(H,36,42)(H,37,41)(H,38,40,43)/b30-21+. The fourth-order valence-corrected chi connectivity index (χ4v) is 5.98. The van der Waals surface area contributed by atoms with Crippen LogP contribution in [0.15, 0.2) is 120 Å². The first-order chi connectivity index (χ1) is 21.9. The lowest BCUT2D eigenvalue weighted by molar-refractivity contribution is -0.116. The lowest BCUT2D eigenvalue weighted by Crippen LogP contribution is -2.30. The Morgan fingerprint density at radius 3 is 2.18 bits per heavy atom.